The molecule has 0 aliphatic carbocycles. The molecular formula is C31H28F3NO. The lowest BCUT2D eigenvalue weighted by molar-refractivity contribution is 0.156. The molecule has 0 saturated heterocycles. The van der Waals surface area contributed by atoms with Crippen molar-refractivity contribution < 1.29 is 17.9 Å². The topological polar surface area (TPSA) is 22.1 Å². The van der Waals surface area contributed by atoms with Gasteiger partial charge in [-0.2, -0.15) is 0 Å². The Bertz CT molecular complexity index is 1310. The van der Waals surface area contributed by atoms with Crippen LogP contribution in [0.25, 0.3) is 16.8 Å². The predicted molar refractivity (Wildman–Crippen MR) is 140 cm³/mol. The lowest BCUT2D eigenvalue weighted by Gasteiger charge is -2.10. The van der Waals surface area contributed by atoms with Crippen LogP contribution in [0.4, 0.5) is 13.2 Å². The van der Waals surface area contributed by atoms with Crippen LogP contribution in [0.15, 0.2) is 85.4 Å². The molecule has 0 N–H and O–H groups in total. The van der Waals surface area contributed by atoms with E-state index < -0.39 is 11.6 Å². The Morgan fingerprint density at radius 1 is 1.03 bits per heavy atom. The third-order valence-corrected chi connectivity index (χ3v) is 5.49. The largest absolute Gasteiger partial charge is 0.375 e. The van der Waals surface area contributed by atoms with Crippen LogP contribution >= 0.6 is 0 Å². The number of rotatable bonds is 10. The Morgan fingerprint density at radius 3 is 2.44 bits per heavy atom. The van der Waals surface area contributed by atoms with Crippen LogP contribution in [-0.2, 0) is 17.6 Å². The van der Waals surface area contributed by atoms with E-state index in [9.17, 15) is 13.2 Å². The van der Waals surface area contributed by atoms with Crippen LogP contribution in [0.5, 0.6) is 0 Å². The molecule has 0 radical (unpaired) electrons. The summed E-state index contributed by atoms with van der Waals surface area (Å²) >= 11 is 0. The third-order valence-electron chi connectivity index (χ3n) is 5.49. The van der Waals surface area contributed by atoms with Crippen LogP contribution in [0, 0.1) is 23.5 Å². The first-order chi connectivity index (χ1) is 17.5. The molecule has 0 aliphatic heterocycles. The number of hydrogen-bond acceptors (Lipinski definition) is 2. The van der Waals surface area contributed by atoms with Gasteiger partial charge < -0.3 is 4.74 Å². The van der Waals surface area contributed by atoms with Gasteiger partial charge in [-0.25, -0.2) is 13.2 Å². The van der Waals surface area contributed by atoms with E-state index >= 15 is 0 Å². The van der Waals surface area contributed by atoms with Crippen molar-refractivity contribution in [2.45, 2.75) is 26.7 Å². The molecule has 5 heteroatoms. The van der Waals surface area contributed by atoms with Gasteiger partial charge in [0.25, 0.3) is 0 Å². The van der Waals surface area contributed by atoms with E-state index in [0.717, 1.165) is 11.1 Å². The second-order valence-electron chi connectivity index (χ2n) is 7.99. The molecule has 2 nitrogen and oxygen atoms in total. The summed E-state index contributed by atoms with van der Waals surface area (Å²) in [5, 5.41) is 0. The highest BCUT2D eigenvalue weighted by Crippen LogP contribution is 2.26. The van der Waals surface area contributed by atoms with Crippen LogP contribution in [-0.4, -0.2) is 18.2 Å². The lowest BCUT2D eigenvalue weighted by Crippen LogP contribution is -2.00. The fraction of sp³-hybridized carbons (Fsp3) is 0.194. The molecule has 0 unspecified atom stereocenters. The molecule has 0 amide bonds. The molecule has 1 aromatic heterocycles. The summed E-state index contributed by atoms with van der Waals surface area (Å²) in [7, 11) is 0. The van der Waals surface area contributed by atoms with Gasteiger partial charge >= 0.3 is 0 Å². The van der Waals surface area contributed by atoms with Crippen LogP contribution in [0.1, 0.15) is 36.1 Å². The van der Waals surface area contributed by atoms with Gasteiger partial charge in [-0.15, -0.1) is 5.92 Å². The van der Waals surface area contributed by atoms with Gasteiger partial charge in [0.05, 0.1) is 12.3 Å². The van der Waals surface area contributed by atoms with E-state index in [0.29, 0.717) is 41.8 Å². The molecule has 1 heterocycles. The highest BCUT2D eigenvalue weighted by Gasteiger charge is 2.15. The smallest absolute Gasteiger partial charge is 0.168 e. The van der Waals surface area contributed by atoms with E-state index in [-0.39, 0.29) is 18.0 Å². The molecule has 0 bridgehead atoms. The minimum atomic E-state index is -0.912. The minimum Gasteiger partial charge on any atom is -0.375 e. The number of hydrogen-bond donors (Lipinski definition) is 0. The van der Waals surface area contributed by atoms with Gasteiger partial charge in [0, 0.05) is 23.9 Å². The van der Waals surface area contributed by atoms with Gasteiger partial charge in [-0.3, -0.25) is 4.98 Å². The molecule has 0 fully saturated rings. The molecule has 0 spiro atoms. The predicted octanol–water partition coefficient (Wildman–Crippen LogP) is 7.64. The Balaban J connectivity index is 1.71. The van der Waals surface area contributed by atoms with Crippen LogP contribution < -0.4 is 0 Å². The molecule has 3 rings (SSSR count). The second kappa shape index (κ2) is 13.3. The van der Waals surface area contributed by atoms with Gasteiger partial charge in [-0.05, 0) is 73.2 Å². The monoisotopic (exact) mass is 487 g/mol. The minimum absolute atomic E-state index is 0.0844. The van der Waals surface area contributed by atoms with E-state index in [1.165, 1.54) is 6.08 Å². The number of aryl methyl sites for hydroxylation is 2. The molecule has 2 aromatic carbocycles. The molecule has 3 aromatic rings. The molecule has 0 aliphatic rings. The quantitative estimate of drug-likeness (QED) is 0.217. The number of aromatic nitrogens is 1. The van der Waals surface area contributed by atoms with E-state index in [2.05, 4.69) is 23.4 Å². The van der Waals surface area contributed by atoms with Crippen molar-refractivity contribution in [3.05, 3.63) is 119 Å². The van der Waals surface area contributed by atoms with Crippen LogP contribution in [0.3, 0.4) is 0 Å². The summed E-state index contributed by atoms with van der Waals surface area (Å²) in [5.74, 6) is 3.49. The first-order valence-electron chi connectivity index (χ1n) is 11.7. The summed E-state index contributed by atoms with van der Waals surface area (Å²) < 4.78 is 48.8. The third kappa shape index (κ3) is 7.07. The summed E-state index contributed by atoms with van der Waals surface area (Å²) in [6.45, 7) is 7.57. The normalized spacial score (nSPS) is 11.7. The maximum Gasteiger partial charge on any atom is 0.168 e. The summed E-state index contributed by atoms with van der Waals surface area (Å²) in [5.41, 5.74) is 3.91. The number of pyridine rings is 1. The number of allylic oxidation sites excluding steroid dienone is 4. The van der Waals surface area contributed by atoms with Crippen molar-refractivity contribution in [1.29, 1.82) is 0 Å². The molecule has 184 valence electrons. The number of nitrogens with zero attached hydrogens (tertiary/aromatic N) is 1. The molecule has 0 saturated carbocycles. The maximum atomic E-state index is 14.8. The molecular weight excluding hydrogens is 459 g/mol. The summed E-state index contributed by atoms with van der Waals surface area (Å²) in [4.78, 5) is 4.21. The highest BCUT2D eigenvalue weighted by molar-refractivity contribution is 5.75. The zero-order valence-corrected chi connectivity index (χ0v) is 20.5. The van der Waals surface area contributed by atoms with Gasteiger partial charge in [0.1, 0.15) is 5.83 Å². The van der Waals surface area contributed by atoms with Gasteiger partial charge in [0.2, 0.25) is 0 Å². The Kier molecular flexibility index (Phi) is 9.85. The lowest BCUT2D eigenvalue weighted by atomic mass is 9.98. The fourth-order valence-corrected chi connectivity index (χ4v) is 3.66. The Morgan fingerprint density at radius 2 is 1.81 bits per heavy atom. The first kappa shape index (κ1) is 26.7. The Labute approximate surface area is 210 Å². The highest BCUT2D eigenvalue weighted by atomic mass is 19.2. The Hall–Kier alpha value is -3.88. The maximum absolute atomic E-state index is 14.8. The zero-order valence-electron chi connectivity index (χ0n) is 20.5. The number of benzene rings is 2. The van der Waals surface area contributed by atoms with Crippen molar-refractivity contribution in [3.63, 3.8) is 0 Å². The van der Waals surface area contributed by atoms with Crippen molar-refractivity contribution >= 4 is 5.57 Å². The average Bonchev–Trinajstić information content (AvgIpc) is 2.89. The standard InChI is InChI=1S/C31H28F3NO/c1-4-7-23-12-18-29(35-20-23)28-17-16-25(30(33)31(28)34)15-11-22-9-13-24(14-10-22)26(8-5-2)19-27(32)21-36-6-3/h5,8-10,12-14,16-20H,2,6,11,15,21H2,1,3H3/b26-8+,27-19+. The van der Waals surface area contributed by atoms with Crippen molar-refractivity contribution in [1.82, 2.24) is 4.98 Å². The summed E-state index contributed by atoms with van der Waals surface area (Å²) in [6, 6.07) is 14.0. The van der Waals surface area contributed by atoms with E-state index in [4.69, 9.17) is 4.74 Å². The van der Waals surface area contributed by atoms with Crippen molar-refractivity contribution in [2.75, 3.05) is 13.2 Å². The SMILES string of the molecule is C=C/C=C(\C=C(\F)COCC)c1ccc(CCc2ccc(-c3ccc(C#CC)cn3)c(F)c2F)cc1. The molecule has 36 heavy (non-hydrogen) atoms. The zero-order chi connectivity index (χ0) is 25.9. The second-order valence-corrected chi connectivity index (χ2v) is 7.99. The van der Waals surface area contributed by atoms with Crippen molar-refractivity contribution in [3.8, 4) is 23.1 Å². The van der Waals surface area contributed by atoms with Crippen LogP contribution in [0.2, 0.25) is 0 Å². The van der Waals surface area contributed by atoms with E-state index in [1.54, 1.807) is 56.5 Å². The summed E-state index contributed by atoms with van der Waals surface area (Å²) in [6.07, 6.45) is 7.13. The van der Waals surface area contributed by atoms with Crippen molar-refractivity contribution in [2.24, 2.45) is 0 Å². The first-order valence-corrected chi connectivity index (χ1v) is 11.7. The average molecular weight is 488 g/mol. The van der Waals surface area contributed by atoms with Gasteiger partial charge in [0.15, 0.2) is 11.6 Å². The van der Waals surface area contributed by atoms with Gasteiger partial charge in [-0.1, -0.05) is 55.0 Å². The number of halogens is 3. The number of ether oxygens (including phenoxy) is 1. The fourth-order valence-electron chi connectivity index (χ4n) is 3.66. The molecule has 0 atom stereocenters. The van der Waals surface area contributed by atoms with E-state index in [1.807, 2.05) is 24.3 Å².